The molecule has 1 aliphatic carbocycles. The molecule has 1 unspecified atom stereocenters. The smallest absolute Gasteiger partial charge is 0.0449 e. The van der Waals surface area contributed by atoms with E-state index in [2.05, 4.69) is 22.0 Å². The molecule has 0 spiro atoms. The number of rotatable bonds is 3. The zero-order valence-corrected chi connectivity index (χ0v) is 13.7. The first-order valence-electron chi connectivity index (χ1n) is 7.36. The Labute approximate surface area is 130 Å². The van der Waals surface area contributed by atoms with Gasteiger partial charge in [0.25, 0.3) is 0 Å². The van der Waals surface area contributed by atoms with Gasteiger partial charge in [0.15, 0.2) is 0 Å². The fourth-order valence-electron chi connectivity index (χ4n) is 3.02. The summed E-state index contributed by atoms with van der Waals surface area (Å²) in [6.07, 6.45) is 10.3. The Kier molecular flexibility index (Phi) is 6.18. The normalized spacial score (nSPS) is 19.7. The van der Waals surface area contributed by atoms with Crippen LogP contribution in [0.25, 0.3) is 0 Å². The zero-order valence-electron chi connectivity index (χ0n) is 11.4. The third kappa shape index (κ3) is 4.77. The third-order valence-corrected chi connectivity index (χ3v) is 5.07. The van der Waals surface area contributed by atoms with Gasteiger partial charge in [-0.3, -0.25) is 0 Å². The predicted octanol–water partition coefficient (Wildman–Crippen LogP) is 5.33. The maximum absolute atomic E-state index is 6.44. The second-order valence-electron chi connectivity index (χ2n) is 5.71. The van der Waals surface area contributed by atoms with E-state index in [0.717, 1.165) is 15.9 Å². The van der Waals surface area contributed by atoms with Gasteiger partial charge in [-0.25, -0.2) is 0 Å². The van der Waals surface area contributed by atoms with E-state index in [1.807, 2.05) is 12.1 Å². The van der Waals surface area contributed by atoms with Crippen molar-refractivity contribution >= 4 is 27.5 Å². The van der Waals surface area contributed by atoms with E-state index in [4.69, 9.17) is 17.3 Å². The largest absolute Gasteiger partial charge is 0.327 e. The van der Waals surface area contributed by atoms with E-state index in [-0.39, 0.29) is 6.04 Å². The van der Waals surface area contributed by atoms with E-state index >= 15 is 0 Å². The first-order valence-corrected chi connectivity index (χ1v) is 8.53. The summed E-state index contributed by atoms with van der Waals surface area (Å²) in [7, 11) is 0. The first kappa shape index (κ1) is 15.3. The van der Waals surface area contributed by atoms with Crippen molar-refractivity contribution in [2.75, 3.05) is 0 Å². The molecule has 1 aromatic rings. The van der Waals surface area contributed by atoms with Crippen LogP contribution in [0.4, 0.5) is 0 Å². The topological polar surface area (TPSA) is 26.0 Å². The molecule has 0 aromatic heterocycles. The van der Waals surface area contributed by atoms with Crippen molar-refractivity contribution in [1.82, 2.24) is 0 Å². The van der Waals surface area contributed by atoms with Crippen LogP contribution in [0, 0.1) is 5.92 Å². The van der Waals surface area contributed by atoms with Crippen LogP contribution in [0.1, 0.15) is 50.5 Å². The molecular formula is C16H23BrClN. The van der Waals surface area contributed by atoms with Gasteiger partial charge in [-0.1, -0.05) is 65.7 Å². The van der Waals surface area contributed by atoms with Crippen molar-refractivity contribution in [2.45, 2.75) is 57.4 Å². The van der Waals surface area contributed by atoms with Gasteiger partial charge >= 0.3 is 0 Å². The van der Waals surface area contributed by atoms with Gasteiger partial charge < -0.3 is 5.73 Å². The van der Waals surface area contributed by atoms with Crippen LogP contribution in [-0.4, -0.2) is 6.04 Å². The van der Waals surface area contributed by atoms with Crippen molar-refractivity contribution < 1.29 is 0 Å². The maximum atomic E-state index is 6.44. The molecule has 1 aromatic carbocycles. The third-order valence-electron chi connectivity index (χ3n) is 4.23. The van der Waals surface area contributed by atoms with Gasteiger partial charge in [0.2, 0.25) is 0 Å². The molecule has 0 bridgehead atoms. The lowest BCUT2D eigenvalue weighted by molar-refractivity contribution is 0.322. The van der Waals surface area contributed by atoms with Gasteiger partial charge in [-0.05, 0) is 42.9 Å². The predicted molar refractivity (Wildman–Crippen MR) is 86.6 cm³/mol. The van der Waals surface area contributed by atoms with E-state index in [1.54, 1.807) is 0 Å². The Morgan fingerprint density at radius 1 is 1.16 bits per heavy atom. The lowest BCUT2D eigenvalue weighted by Crippen LogP contribution is -2.32. The van der Waals surface area contributed by atoms with Crippen LogP contribution in [0.15, 0.2) is 22.7 Å². The zero-order chi connectivity index (χ0) is 13.7. The van der Waals surface area contributed by atoms with Crippen molar-refractivity contribution in [1.29, 1.82) is 0 Å². The SMILES string of the molecule is NC(Cc1ccc(Br)cc1Cl)C1CCCCCCC1. The summed E-state index contributed by atoms with van der Waals surface area (Å²) in [6.45, 7) is 0. The number of nitrogens with two attached hydrogens (primary N) is 1. The summed E-state index contributed by atoms with van der Waals surface area (Å²) in [4.78, 5) is 0. The molecule has 1 saturated carbocycles. The minimum atomic E-state index is 0.247. The minimum Gasteiger partial charge on any atom is -0.327 e. The summed E-state index contributed by atoms with van der Waals surface area (Å²) in [6, 6.07) is 6.35. The van der Waals surface area contributed by atoms with Crippen molar-refractivity contribution in [3.8, 4) is 0 Å². The molecule has 0 saturated heterocycles. The molecule has 19 heavy (non-hydrogen) atoms. The maximum Gasteiger partial charge on any atom is 0.0449 e. The summed E-state index contributed by atoms with van der Waals surface area (Å²) in [5, 5.41) is 0.829. The van der Waals surface area contributed by atoms with Crippen molar-refractivity contribution in [2.24, 2.45) is 11.7 Å². The second-order valence-corrected chi connectivity index (χ2v) is 7.03. The fraction of sp³-hybridized carbons (Fsp3) is 0.625. The molecule has 1 aliphatic rings. The van der Waals surface area contributed by atoms with Crippen LogP contribution in [0.3, 0.4) is 0 Å². The number of hydrogen-bond acceptors (Lipinski definition) is 1. The molecule has 2 rings (SSSR count). The number of hydrogen-bond donors (Lipinski definition) is 1. The van der Waals surface area contributed by atoms with E-state index < -0.39 is 0 Å². The molecule has 106 valence electrons. The number of benzene rings is 1. The lowest BCUT2D eigenvalue weighted by Gasteiger charge is -2.26. The first-order chi connectivity index (χ1) is 9.16. The fourth-order valence-corrected chi connectivity index (χ4v) is 3.77. The van der Waals surface area contributed by atoms with Crippen LogP contribution >= 0.6 is 27.5 Å². The number of halogens is 2. The standard InChI is InChI=1S/C16H23BrClN/c17-14-9-8-13(15(18)11-14)10-16(19)12-6-4-2-1-3-5-7-12/h8-9,11-12,16H,1-7,10,19H2. The van der Waals surface area contributed by atoms with Gasteiger partial charge in [0, 0.05) is 15.5 Å². The molecule has 0 heterocycles. The van der Waals surface area contributed by atoms with Gasteiger partial charge in [-0.2, -0.15) is 0 Å². The molecule has 3 heteroatoms. The van der Waals surface area contributed by atoms with Crippen LogP contribution in [-0.2, 0) is 6.42 Å². The van der Waals surface area contributed by atoms with Gasteiger partial charge in [0.1, 0.15) is 0 Å². The molecule has 2 N–H and O–H groups in total. The Balaban J connectivity index is 1.96. The highest BCUT2D eigenvalue weighted by Gasteiger charge is 2.19. The Morgan fingerprint density at radius 3 is 2.42 bits per heavy atom. The summed E-state index contributed by atoms with van der Waals surface area (Å²) >= 11 is 9.73. The highest BCUT2D eigenvalue weighted by Crippen LogP contribution is 2.28. The molecule has 1 atom stereocenters. The monoisotopic (exact) mass is 343 g/mol. The van der Waals surface area contributed by atoms with Gasteiger partial charge in [-0.15, -0.1) is 0 Å². The van der Waals surface area contributed by atoms with E-state index in [9.17, 15) is 0 Å². The molecule has 1 fully saturated rings. The minimum absolute atomic E-state index is 0.247. The quantitative estimate of drug-likeness (QED) is 0.787. The highest BCUT2D eigenvalue weighted by molar-refractivity contribution is 9.10. The molecule has 0 radical (unpaired) electrons. The summed E-state index contributed by atoms with van der Waals surface area (Å²) < 4.78 is 1.03. The Morgan fingerprint density at radius 2 is 1.79 bits per heavy atom. The van der Waals surface area contributed by atoms with Crippen molar-refractivity contribution in [3.05, 3.63) is 33.3 Å². The van der Waals surface area contributed by atoms with Crippen LogP contribution < -0.4 is 5.73 Å². The Hall–Kier alpha value is -0.0500. The summed E-state index contributed by atoms with van der Waals surface area (Å²) in [5.41, 5.74) is 7.62. The molecule has 0 aliphatic heterocycles. The lowest BCUT2D eigenvalue weighted by atomic mass is 9.84. The van der Waals surface area contributed by atoms with E-state index in [0.29, 0.717) is 5.92 Å². The second kappa shape index (κ2) is 7.66. The van der Waals surface area contributed by atoms with E-state index in [1.165, 1.54) is 50.5 Å². The highest BCUT2D eigenvalue weighted by atomic mass is 79.9. The average molecular weight is 345 g/mol. The van der Waals surface area contributed by atoms with Crippen molar-refractivity contribution in [3.63, 3.8) is 0 Å². The molecule has 0 amide bonds. The summed E-state index contributed by atoms with van der Waals surface area (Å²) in [5.74, 6) is 0.667. The van der Waals surface area contributed by atoms with Crippen LogP contribution in [0.5, 0.6) is 0 Å². The van der Waals surface area contributed by atoms with Crippen LogP contribution in [0.2, 0.25) is 5.02 Å². The molecular weight excluding hydrogens is 322 g/mol. The van der Waals surface area contributed by atoms with Gasteiger partial charge in [0.05, 0.1) is 0 Å². The average Bonchev–Trinajstić information content (AvgIpc) is 2.32. The molecule has 1 nitrogen and oxygen atoms in total. The Bertz CT molecular complexity index is 400.